The van der Waals surface area contributed by atoms with Crippen LogP contribution in [0.4, 0.5) is 0 Å². The van der Waals surface area contributed by atoms with Gasteiger partial charge in [0.1, 0.15) is 42.5 Å². The molecule has 0 saturated carbocycles. The molecule has 2 rings (SSSR count). The first kappa shape index (κ1) is 56.0. The lowest BCUT2D eigenvalue weighted by molar-refractivity contribution is -0.145. The molecule has 1 saturated heterocycles. The molecule has 8 amide bonds. The Morgan fingerprint density at radius 1 is 0.687 bits per heavy atom. The number of carboxylic acids is 3. The summed E-state index contributed by atoms with van der Waals surface area (Å²) in [7, 11) is 1.45. The number of methoxy groups -OCH3 is 1. The Hall–Kier alpha value is -7.14. The first-order valence-electron chi connectivity index (χ1n) is 21.6. The topological polar surface area (TPSA) is 362 Å². The molecule has 1 aliphatic heterocycles. The largest absolute Gasteiger partial charge is 0.497 e. The van der Waals surface area contributed by atoms with Crippen LogP contribution in [0.1, 0.15) is 96.8 Å². The molecule has 24 nitrogen and oxygen atoms in total. The molecular weight excluding hydrogens is 885 g/mol. The van der Waals surface area contributed by atoms with Gasteiger partial charge in [-0.05, 0) is 61.8 Å². The summed E-state index contributed by atoms with van der Waals surface area (Å²) in [6.07, 6.45) is -1.95. The summed E-state index contributed by atoms with van der Waals surface area (Å²) >= 11 is 0. The Morgan fingerprint density at radius 3 is 1.72 bits per heavy atom. The zero-order chi connectivity index (χ0) is 50.7. The number of hydrogen-bond acceptors (Lipinski definition) is 13. The molecule has 7 unspecified atom stereocenters. The van der Waals surface area contributed by atoms with Crippen molar-refractivity contribution < 1.29 is 77.6 Å². The summed E-state index contributed by atoms with van der Waals surface area (Å²) < 4.78 is 5.15. The first-order chi connectivity index (χ1) is 31.4. The van der Waals surface area contributed by atoms with Crippen molar-refractivity contribution >= 4 is 70.9 Å². The Balaban J connectivity index is 2.47. The predicted molar refractivity (Wildman–Crippen MR) is 234 cm³/mol. The van der Waals surface area contributed by atoms with Gasteiger partial charge in [0.25, 0.3) is 11.8 Å². The second kappa shape index (κ2) is 26.7. The van der Waals surface area contributed by atoms with Crippen molar-refractivity contribution in [2.45, 2.75) is 129 Å². The highest BCUT2D eigenvalue weighted by Gasteiger charge is 2.45. The van der Waals surface area contributed by atoms with Crippen LogP contribution in [0.3, 0.4) is 0 Å². The van der Waals surface area contributed by atoms with Crippen molar-refractivity contribution in [2.75, 3.05) is 20.2 Å². The van der Waals surface area contributed by atoms with E-state index in [2.05, 4.69) is 31.9 Å². The van der Waals surface area contributed by atoms with E-state index < -0.39 is 151 Å². The monoisotopic (exact) mass is 946 g/mol. The number of carboxylic acid groups (broad SMARTS) is 3. The molecule has 0 aliphatic carbocycles. The predicted octanol–water partition coefficient (Wildman–Crippen LogP) is -1.55. The van der Waals surface area contributed by atoms with Crippen molar-refractivity contribution in [3.05, 3.63) is 29.8 Å². The lowest BCUT2D eigenvalue weighted by atomic mass is 9.98. The van der Waals surface area contributed by atoms with Crippen LogP contribution in [0.25, 0.3) is 0 Å². The summed E-state index contributed by atoms with van der Waals surface area (Å²) in [5.74, 6) is -13.2. The Morgan fingerprint density at radius 2 is 1.22 bits per heavy atom. The number of Topliss-reactive ketones (excluding diaryl/α,β-unsaturated/α-hetero) is 1. The fourth-order valence-corrected chi connectivity index (χ4v) is 6.99. The third kappa shape index (κ3) is 18.0. The van der Waals surface area contributed by atoms with Crippen LogP contribution in [-0.2, 0) is 52.7 Å². The highest BCUT2D eigenvalue weighted by Crippen LogP contribution is 2.23. The fourth-order valence-electron chi connectivity index (χ4n) is 6.99. The van der Waals surface area contributed by atoms with Gasteiger partial charge in [0, 0.05) is 37.9 Å². The molecule has 0 radical (unpaired) electrons. The lowest BCUT2D eigenvalue weighted by Gasteiger charge is -2.33. The molecule has 0 bridgehead atoms. The summed E-state index contributed by atoms with van der Waals surface area (Å²) in [6.45, 7) is 7.88. The van der Waals surface area contributed by atoms with E-state index in [1.807, 2.05) is 5.32 Å². The quantitative estimate of drug-likeness (QED) is 0.0447. The molecule has 1 aromatic rings. The van der Waals surface area contributed by atoms with Gasteiger partial charge in [0.2, 0.25) is 41.2 Å². The van der Waals surface area contributed by atoms with Crippen molar-refractivity contribution in [3.63, 3.8) is 0 Å². The van der Waals surface area contributed by atoms with Crippen LogP contribution in [-0.4, -0.2) is 154 Å². The zero-order valence-electron chi connectivity index (χ0n) is 38.5. The van der Waals surface area contributed by atoms with E-state index in [0.29, 0.717) is 12.2 Å². The van der Waals surface area contributed by atoms with E-state index in [4.69, 9.17) is 14.9 Å². The van der Waals surface area contributed by atoms with Gasteiger partial charge in [0.05, 0.1) is 13.2 Å². The number of ether oxygens (including phenoxy) is 1. The van der Waals surface area contributed by atoms with Crippen LogP contribution in [0.5, 0.6) is 5.75 Å². The summed E-state index contributed by atoms with van der Waals surface area (Å²) in [6, 6.07) is -3.43. The standard InChI is InChI=1S/C43H62N8O16/c1-8-9-27(36(59)42(65)44-19-33(57)58)47-40(63)30-18-25(46-37(60)24-10-12-26(67-7)13-11-24)20-51(30)43(66)35(22(4)5)50-41(64)34(21(2)3)49-39(62)29(15-17-32(55)56)48-38(61)28(45-23(6)52)14-16-31(53)54/h10-13,21-22,25,27-30,34-35H,8-9,14-20H2,1-7H3,(H,44,65)(H,45,52)(H,46,60)(H,47,63)(H,48,61)(H,49,62)(H,50,64)(H,53,54)(H,55,56)(H,57,58). The number of aliphatic carboxylic acids is 3. The number of likely N-dealkylation sites (tertiary alicyclic amines) is 1. The van der Waals surface area contributed by atoms with Crippen molar-refractivity contribution in [3.8, 4) is 5.75 Å². The van der Waals surface area contributed by atoms with E-state index in [1.54, 1.807) is 46.8 Å². The fraction of sp³-hybridized carbons (Fsp3) is 0.581. The second-order valence-electron chi connectivity index (χ2n) is 16.6. The molecule has 1 aliphatic rings. The number of nitrogens with one attached hydrogen (secondary N) is 7. The number of benzene rings is 1. The van der Waals surface area contributed by atoms with Gasteiger partial charge in [-0.3, -0.25) is 57.5 Å². The molecule has 0 aromatic heterocycles. The molecule has 0 spiro atoms. The van der Waals surface area contributed by atoms with Crippen LogP contribution in [0, 0.1) is 11.8 Å². The third-order valence-corrected chi connectivity index (χ3v) is 10.5. The Labute approximate surface area is 386 Å². The van der Waals surface area contributed by atoms with Gasteiger partial charge >= 0.3 is 17.9 Å². The minimum atomic E-state index is -1.60. The molecule has 1 aromatic carbocycles. The SMILES string of the molecule is CCCC(NC(=O)C1CC(NC(=O)c2ccc(OC)cc2)CN1C(=O)C(NC(=O)C(NC(=O)C(CCC(=O)O)NC(=O)C(CCC(=O)O)NC(C)=O)C(C)C)C(C)C)C(=O)C(=O)NCC(=O)O. The highest BCUT2D eigenvalue weighted by molar-refractivity contribution is 6.38. The third-order valence-electron chi connectivity index (χ3n) is 10.5. The van der Waals surface area contributed by atoms with E-state index in [1.165, 1.54) is 19.2 Å². The van der Waals surface area contributed by atoms with Crippen LogP contribution in [0.15, 0.2) is 24.3 Å². The normalized spacial score (nSPS) is 16.5. The van der Waals surface area contributed by atoms with Gasteiger partial charge in [0.15, 0.2) is 0 Å². The molecule has 10 N–H and O–H groups in total. The number of rotatable bonds is 27. The average molecular weight is 947 g/mol. The number of amides is 8. The van der Waals surface area contributed by atoms with Crippen molar-refractivity contribution in [1.82, 2.24) is 42.1 Å². The zero-order valence-corrected chi connectivity index (χ0v) is 38.5. The van der Waals surface area contributed by atoms with Crippen LogP contribution in [0.2, 0.25) is 0 Å². The maximum Gasteiger partial charge on any atom is 0.322 e. The molecule has 1 heterocycles. The minimum Gasteiger partial charge on any atom is -0.497 e. The molecule has 7 atom stereocenters. The number of carbonyl (C=O) groups excluding carboxylic acids is 9. The van der Waals surface area contributed by atoms with Crippen molar-refractivity contribution in [1.29, 1.82) is 0 Å². The maximum absolute atomic E-state index is 14.6. The van der Waals surface area contributed by atoms with Crippen LogP contribution < -0.4 is 42.0 Å². The lowest BCUT2D eigenvalue weighted by Crippen LogP contribution is -2.61. The smallest absolute Gasteiger partial charge is 0.322 e. The first-order valence-corrected chi connectivity index (χ1v) is 21.6. The van der Waals surface area contributed by atoms with Gasteiger partial charge < -0.3 is 62.2 Å². The number of nitrogens with zero attached hydrogens (tertiary/aromatic N) is 1. The summed E-state index contributed by atoms with van der Waals surface area (Å²) in [5.41, 5.74) is 0.220. The van der Waals surface area contributed by atoms with E-state index in [0.717, 1.165) is 11.8 Å². The van der Waals surface area contributed by atoms with Gasteiger partial charge in [-0.15, -0.1) is 0 Å². The maximum atomic E-state index is 14.6. The minimum absolute atomic E-state index is 0.0438. The number of ketones is 1. The highest BCUT2D eigenvalue weighted by atomic mass is 16.5. The second-order valence-corrected chi connectivity index (χ2v) is 16.6. The molecule has 67 heavy (non-hydrogen) atoms. The molecular formula is C43H62N8O16. The van der Waals surface area contributed by atoms with Crippen LogP contribution >= 0.6 is 0 Å². The Bertz CT molecular complexity index is 2010. The molecule has 370 valence electrons. The van der Waals surface area contributed by atoms with E-state index >= 15 is 0 Å². The summed E-state index contributed by atoms with van der Waals surface area (Å²) in [5, 5.41) is 44.5. The van der Waals surface area contributed by atoms with Gasteiger partial charge in [-0.1, -0.05) is 41.0 Å². The van der Waals surface area contributed by atoms with E-state index in [-0.39, 0.29) is 31.4 Å². The average Bonchev–Trinajstić information content (AvgIpc) is 3.68. The van der Waals surface area contributed by atoms with E-state index in [9.17, 15) is 62.6 Å². The molecule has 1 fully saturated rings. The van der Waals surface area contributed by atoms with Crippen molar-refractivity contribution in [2.24, 2.45) is 11.8 Å². The Kier molecular flexibility index (Phi) is 22.3. The summed E-state index contributed by atoms with van der Waals surface area (Å²) in [4.78, 5) is 155. The number of carbonyl (C=O) groups is 12. The molecule has 24 heteroatoms. The van der Waals surface area contributed by atoms with Gasteiger partial charge in [-0.2, -0.15) is 0 Å². The van der Waals surface area contributed by atoms with Gasteiger partial charge in [-0.25, -0.2) is 0 Å². The number of hydrogen-bond donors (Lipinski definition) is 10.